The lowest BCUT2D eigenvalue weighted by molar-refractivity contribution is -0.300. The van der Waals surface area contributed by atoms with Gasteiger partial charge in [-0.1, -0.05) is 36.4 Å². The van der Waals surface area contributed by atoms with E-state index in [1.807, 2.05) is 13.8 Å². The molecule has 0 unspecified atom stereocenters. The van der Waals surface area contributed by atoms with Gasteiger partial charge in [-0.3, -0.25) is 0 Å². The summed E-state index contributed by atoms with van der Waals surface area (Å²) in [7, 11) is 0. The fourth-order valence-electron chi connectivity index (χ4n) is 1.88. The SMILES string of the molecule is CC[C@H]1COC(C)(C)O[C@H]1[C@H](C)CI. The zero-order chi connectivity index (χ0) is 10.8. The van der Waals surface area contributed by atoms with Gasteiger partial charge in [-0.05, 0) is 26.2 Å². The van der Waals surface area contributed by atoms with Crippen molar-refractivity contribution < 1.29 is 9.47 Å². The minimum Gasteiger partial charge on any atom is -0.350 e. The van der Waals surface area contributed by atoms with Crippen LogP contribution in [0.2, 0.25) is 0 Å². The molecule has 0 amide bonds. The maximum atomic E-state index is 6.00. The molecule has 0 aliphatic carbocycles. The Morgan fingerprint density at radius 2 is 2.14 bits per heavy atom. The molecule has 14 heavy (non-hydrogen) atoms. The molecule has 84 valence electrons. The molecule has 0 aromatic heterocycles. The van der Waals surface area contributed by atoms with Crippen molar-refractivity contribution in [1.82, 2.24) is 0 Å². The molecule has 0 aromatic rings. The largest absolute Gasteiger partial charge is 0.350 e. The van der Waals surface area contributed by atoms with E-state index in [0.717, 1.165) is 17.5 Å². The lowest BCUT2D eigenvalue weighted by atomic mass is 9.90. The maximum Gasteiger partial charge on any atom is 0.163 e. The number of rotatable bonds is 3. The lowest BCUT2D eigenvalue weighted by Crippen LogP contribution is -2.48. The summed E-state index contributed by atoms with van der Waals surface area (Å²) in [5.74, 6) is 0.785. The molecule has 3 atom stereocenters. The summed E-state index contributed by atoms with van der Waals surface area (Å²) >= 11 is 2.43. The van der Waals surface area contributed by atoms with Crippen LogP contribution in [-0.2, 0) is 9.47 Å². The second-order valence-electron chi connectivity index (χ2n) is 4.59. The standard InChI is InChI=1S/C11H21IO2/c1-5-9-7-13-11(3,4)14-10(9)8(2)6-12/h8-10H,5-7H2,1-4H3/t8-,9+,10+/m1/s1. The Hall–Kier alpha value is 0.650. The molecule has 1 fully saturated rings. The quantitative estimate of drug-likeness (QED) is 0.588. The van der Waals surface area contributed by atoms with E-state index in [9.17, 15) is 0 Å². The van der Waals surface area contributed by atoms with Gasteiger partial charge in [0.15, 0.2) is 5.79 Å². The smallest absolute Gasteiger partial charge is 0.163 e. The van der Waals surface area contributed by atoms with E-state index in [0.29, 0.717) is 17.9 Å². The first-order chi connectivity index (χ1) is 6.50. The second kappa shape index (κ2) is 5.12. The molecule has 0 saturated carbocycles. The predicted molar refractivity (Wildman–Crippen MR) is 66.7 cm³/mol. The summed E-state index contributed by atoms with van der Waals surface area (Å²) < 4.78 is 12.8. The molecule has 1 aliphatic heterocycles. The zero-order valence-corrected chi connectivity index (χ0v) is 11.7. The fourth-order valence-corrected chi connectivity index (χ4v) is 2.38. The van der Waals surface area contributed by atoms with Crippen LogP contribution < -0.4 is 0 Å². The number of alkyl halides is 1. The Labute approximate surface area is 101 Å². The highest BCUT2D eigenvalue weighted by Gasteiger charge is 2.37. The van der Waals surface area contributed by atoms with Crippen molar-refractivity contribution in [3.8, 4) is 0 Å². The molecule has 0 spiro atoms. The van der Waals surface area contributed by atoms with Crippen molar-refractivity contribution in [3.05, 3.63) is 0 Å². The maximum absolute atomic E-state index is 6.00. The van der Waals surface area contributed by atoms with E-state index in [-0.39, 0.29) is 0 Å². The van der Waals surface area contributed by atoms with Crippen molar-refractivity contribution >= 4 is 22.6 Å². The van der Waals surface area contributed by atoms with Crippen LogP contribution in [0.15, 0.2) is 0 Å². The summed E-state index contributed by atoms with van der Waals surface area (Å²) in [4.78, 5) is 0. The van der Waals surface area contributed by atoms with Gasteiger partial charge in [0, 0.05) is 10.3 Å². The van der Waals surface area contributed by atoms with Crippen molar-refractivity contribution in [1.29, 1.82) is 0 Å². The third-order valence-corrected chi connectivity index (χ3v) is 4.25. The molecule has 1 heterocycles. The number of halogens is 1. The van der Waals surface area contributed by atoms with Gasteiger partial charge in [-0.15, -0.1) is 0 Å². The molecular weight excluding hydrogens is 291 g/mol. The van der Waals surface area contributed by atoms with Gasteiger partial charge >= 0.3 is 0 Å². The van der Waals surface area contributed by atoms with Crippen LogP contribution in [0.1, 0.15) is 34.1 Å². The minimum atomic E-state index is -0.392. The first kappa shape index (κ1) is 12.7. The van der Waals surface area contributed by atoms with E-state index in [1.165, 1.54) is 0 Å². The van der Waals surface area contributed by atoms with Crippen LogP contribution in [0.25, 0.3) is 0 Å². The van der Waals surface area contributed by atoms with E-state index < -0.39 is 5.79 Å². The van der Waals surface area contributed by atoms with Crippen LogP contribution >= 0.6 is 22.6 Å². The van der Waals surface area contributed by atoms with Gasteiger partial charge in [0.1, 0.15) is 0 Å². The van der Waals surface area contributed by atoms with Crippen molar-refractivity contribution in [3.63, 3.8) is 0 Å². The first-order valence-corrected chi connectivity index (χ1v) is 6.90. The molecule has 0 bridgehead atoms. The highest BCUT2D eigenvalue weighted by molar-refractivity contribution is 14.1. The van der Waals surface area contributed by atoms with E-state index in [1.54, 1.807) is 0 Å². The predicted octanol–water partition coefficient (Wildman–Crippen LogP) is 3.24. The van der Waals surface area contributed by atoms with Crippen LogP contribution in [-0.4, -0.2) is 22.9 Å². The molecule has 2 nitrogen and oxygen atoms in total. The molecule has 0 aromatic carbocycles. The summed E-state index contributed by atoms with van der Waals surface area (Å²) in [6, 6.07) is 0. The van der Waals surface area contributed by atoms with Crippen LogP contribution in [0.3, 0.4) is 0 Å². The average molecular weight is 312 g/mol. The van der Waals surface area contributed by atoms with Crippen LogP contribution in [0.5, 0.6) is 0 Å². The molecule has 0 N–H and O–H groups in total. The van der Waals surface area contributed by atoms with Gasteiger partial charge in [-0.2, -0.15) is 0 Å². The Morgan fingerprint density at radius 1 is 1.50 bits per heavy atom. The van der Waals surface area contributed by atoms with Crippen LogP contribution in [0.4, 0.5) is 0 Å². The Morgan fingerprint density at radius 3 is 2.64 bits per heavy atom. The van der Waals surface area contributed by atoms with Gasteiger partial charge in [0.25, 0.3) is 0 Å². The summed E-state index contributed by atoms with van der Waals surface area (Å²) in [6.07, 6.45) is 1.50. The second-order valence-corrected chi connectivity index (χ2v) is 5.47. The van der Waals surface area contributed by atoms with Gasteiger partial charge < -0.3 is 9.47 Å². The summed E-state index contributed by atoms with van der Waals surface area (Å²) in [5.41, 5.74) is 0. The van der Waals surface area contributed by atoms with E-state index in [4.69, 9.17) is 9.47 Å². The van der Waals surface area contributed by atoms with Gasteiger partial charge in [-0.25, -0.2) is 0 Å². The van der Waals surface area contributed by atoms with Gasteiger partial charge in [0.2, 0.25) is 0 Å². The van der Waals surface area contributed by atoms with E-state index in [2.05, 4.69) is 36.4 Å². The number of hydrogen-bond donors (Lipinski definition) is 0. The normalized spacial score (nSPS) is 34.1. The molecule has 1 saturated heterocycles. The number of ether oxygens (including phenoxy) is 2. The Bertz CT molecular complexity index is 182. The monoisotopic (exact) mass is 312 g/mol. The van der Waals surface area contributed by atoms with E-state index >= 15 is 0 Å². The summed E-state index contributed by atoms with van der Waals surface area (Å²) in [6.45, 7) is 9.33. The van der Waals surface area contributed by atoms with Crippen LogP contribution in [0, 0.1) is 11.8 Å². The fraction of sp³-hybridized carbons (Fsp3) is 1.00. The highest BCUT2D eigenvalue weighted by atomic mass is 127. The average Bonchev–Trinajstić information content (AvgIpc) is 2.15. The number of hydrogen-bond acceptors (Lipinski definition) is 2. The Kier molecular flexibility index (Phi) is 4.65. The summed E-state index contributed by atoms with van der Waals surface area (Å²) in [5, 5.41) is 0. The topological polar surface area (TPSA) is 18.5 Å². The first-order valence-electron chi connectivity index (χ1n) is 5.38. The molecular formula is C11H21IO2. The zero-order valence-electron chi connectivity index (χ0n) is 9.55. The lowest BCUT2D eigenvalue weighted by Gasteiger charge is -2.43. The molecule has 1 aliphatic rings. The Balaban J connectivity index is 2.65. The minimum absolute atomic E-state index is 0.362. The van der Waals surface area contributed by atoms with Crippen molar-refractivity contribution in [2.75, 3.05) is 11.0 Å². The molecule has 0 radical (unpaired) electrons. The molecule has 1 rings (SSSR count). The molecule has 3 heteroatoms. The van der Waals surface area contributed by atoms with Crippen molar-refractivity contribution in [2.45, 2.75) is 46.0 Å². The highest BCUT2D eigenvalue weighted by Crippen LogP contribution is 2.32. The third-order valence-electron chi connectivity index (χ3n) is 2.86. The van der Waals surface area contributed by atoms with Crippen molar-refractivity contribution in [2.24, 2.45) is 11.8 Å². The third kappa shape index (κ3) is 3.07. The van der Waals surface area contributed by atoms with Gasteiger partial charge in [0.05, 0.1) is 12.7 Å².